The van der Waals surface area contributed by atoms with E-state index in [9.17, 15) is 4.79 Å². The van der Waals surface area contributed by atoms with Gasteiger partial charge in [0.2, 0.25) is 5.91 Å². The van der Waals surface area contributed by atoms with Gasteiger partial charge in [0.15, 0.2) is 5.96 Å². The van der Waals surface area contributed by atoms with Crippen molar-refractivity contribution in [3.05, 3.63) is 30.3 Å². The molecule has 0 aliphatic carbocycles. The monoisotopic (exact) mass is 400 g/mol. The zero-order valence-electron chi connectivity index (χ0n) is 17.9. The molecule has 0 radical (unpaired) electrons. The maximum absolute atomic E-state index is 12.6. The highest BCUT2D eigenvalue weighted by Crippen LogP contribution is 2.16. The lowest BCUT2D eigenvalue weighted by molar-refractivity contribution is -0.131. The number of hydrogen-bond acceptors (Lipinski definition) is 4. The van der Waals surface area contributed by atoms with Gasteiger partial charge in [0, 0.05) is 64.5 Å². The van der Waals surface area contributed by atoms with Crippen molar-refractivity contribution in [2.24, 2.45) is 4.99 Å². The van der Waals surface area contributed by atoms with Crippen LogP contribution in [0.2, 0.25) is 0 Å². The quantitative estimate of drug-likeness (QED) is 0.535. The van der Waals surface area contributed by atoms with Crippen molar-refractivity contribution in [1.82, 2.24) is 20.4 Å². The average molecular weight is 401 g/mol. The van der Waals surface area contributed by atoms with E-state index in [0.717, 1.165) is 45.2 Å². The van der Waals surface area contributed by atoms with Gasteiger partial charge in [-0.1, -0.05) is 25.1 Å². The molecule has 2 aliphatic heterocycles. The maximum atomic E-state index is 12.6. The van der Waals surface area contributed by atoms with E-state index in [1.165, 1.54) is 25.1 Å². The van der Waals surface area contributed by atoms with E-state index >= 15 is 0 Å². The van der Waals surface area contributed by atoms with Crippen LogP contribution < -0.4 is 15.5 Å². The van der Waals surface area contributed by atoms with E-state index in [1.807, 2.05) is 11.0 Å². The molecule has 0 aromatic heterocycles. The lowest BCUT2D eigenvalue weighted by Crippen LogP contribution is -2.49. The second kappa shape index (κ2) is 11.0. The first-order chi connectivity index (χ1) is 14.2. The molecule has 0 saturated carbocycles. The molecule has 2 heterocycles. The normalized spacial score (nSPS) is 20.8. The van der Waals surface area contributed by atoms with Crippen LogP contribution in [-0.4, -0.2) is 87.1 Å². The van der Waals surface area contributed by atoms with Crippen molar-refractivity contribution in [3.8, 4) is 0 Å². The van der Waals surface area contributed by atoms with Crippen molar-refractivity contribution in [2.75, 3.05) is 64.3 Å². The minimum atomic E-state index is 0.216. The molecule has 0 bridgehead atoms. The highest BCUT2D eigenvalue weighted by Gasteiger charge is 2.23. The Kier molecular flexibility index (Phi) is 8.16. The Hall–Kier alpha value is -2.28. The van der Waals surface area contributed by atoms with Gasteiger partial charge in [0.1, 0.15) is 0 Å². The van der Waals surface area contributed by atoms with Crippen LogP contribution in [0.4, 0.5) is 5.69 Å². The Morgan fingerprint density at radius 2 is 1.86 bits per heavy atom. The molecule has 2 N–H and O–H groups in total. The molecule has 2 fully saturated rings. The molecule has 2 aliphatic rings. The summed E-state index contributed by atoms with van der Waals surface area (Å²) in [5.41, 5.74) is 1.24. The maximum Gasteiger partial charge on any atom is 0.224 e. The summed E-state index contributed by atoms with van der Waals surface area (Å²) in [6.07, 6.45) is 3.01. The molecule has 0 spiro atoms. The summed E-state index contributed by atoms with van der Waals surface area (Å²) >= 11 is 0. The summed E-state index contributed by atoms with van der Waals surface area (Å²) in [5, 5.41) is 6.71. The summed E-state index contributed by atoms with van der Waals surface area (Å²) in [6, 6.07) is 11.0. The molecule has 7 heteroatoms. The van der Waals surface area contributed by atoms with E-state index in [0.29, 0.717) is 19.0 Å². The van der Waals surface area contributed by atoms with Gasteiger partial charge in [-0.05, 0) is 38.1 Å². The smallest absolute Gasteiger partial charge is 0.224 e. The molecule has 1 amide bonds. The van der Waals surface area contributed by atoms with Gasteiger partial charge in [0.25, 0.3) is 0 Å². The number of para-hydroxylation sites is 1. The zero-order chi connectivity index (χ0) is 20.5. The number of likely N-dealkylation sites (tertiary alicyclic amines) is 1. The number of guanidine groups is 1. The fraction of sp³-hybridized carbons (Fsp3) is 0.636. The topological polar surface area (TPSA) is 63.2 Å². The fourth-order valence-corrected chi connectivity index (χ4v) is 4.28. The summed E-state index contributed by atoms with van der Waals surface area (Å²) in [7, 11) is 1.78. The van der Waals surface area contributed by atoms with Gasteiger partial charge >= 0.3 is 0 Å². The van der Waals surface area contributed by atoms with E-state index in [1.54, 1.807) is 7.05 Å². The Morgan fingerprint density at radius 3 is 2.55 bits per heavy atom. The average Bonchev–Trinajstić information content (AvgIpc) is 3.24. The number of anilines is 1. The fourth-order valence-electron chi connectivity index (χ4n) is 4.28. The van der Waals surface area contributed by atoms with E-state index in [2.05, 4.69) is 56.6 Å². The zero-order valence-corrected chi connectivity index (χ0v) is 17.9. The van der Waals surface area contributed by atoms with Crippen LogP contribution in [0, 0.1) is 0 Å². The highest BCUT2D eigenvalue weighted by atomic mass is 16.2. The van der Waals surface area contributed by atoms with Gasteiger partial charge in [-0.15, -0.1) is 0 Å². The first-order valence-corrected chi connectivity index (χ1v) is 11.0. The molecule has 160 valence electrons. The Morgan fingerprint density at radius 1 is 1.10 bits per heavy atom. The van der Waals surface area contributed by atoms with Crippen LogP contribution >= 0.6 is 0 Å². The number of piperazine rings is 1. The van der Waals surface area contributed by atoms with Crippen LogP contribution in [0.1, 0.15) is 26.2 Å². The Labute approximate surface area is 175 Å². The van der Waals surface area contributed by atoms with Gasteiger partial charge < -0.3 is 20.4 Å². The van der Waals surface area contributed by atoms with Crippen molar-refractivity contribution in [3.63, 3.8) is 0 Å². The minimum absolute atomic E-state index is 0.216. The van der Waals surface area contributed by atoms with E-state index in [4.69, 9.17) is 0 Å². The van der Waals surface area contributed by atoms with Crippen LogP contribution in [0.3, 0.4) is 0 Å². The van der Waals surface area contributed by atoms with Gasteiger partial charge in [-0.25, -0.2) is 0 Å². The van der Waals surface area contributed by atoms with Crippen LogP contribution in [0.15, 0.2) is 35.3 Å². The van der Waals surface area contributed by atoms with Crippen molar-refractivity contribution < 1.29 is 4.79 Å². The number of benzene rings is 1. The molecule has 3 rings (SSSR count). The van der Waals surface area contributed by atoms with Crippen LogP contribution in [0.25, 0.3) is 0 Å². The molecule has 1 unspecified atom stereocenters. The van der Waals surface area contributed by atoms with Crippen molar-refractivity contribution in [1.29, 1.82) is 0 Å². The molecule has 2 saturated heterocycles. The largest absolute Gasteiger partial charge is 0.368 e. The van der Waals surface area contributed by atoms with Crippen molar-refractivity contribution in [2.45, 2.75) is 32.2 Å². The number of nitrogens with one attached hydrogen (secondary N) is 2. The molecular formula is C22H36N6O. The Balaban J connectivity index is 1.34. The number of likely N-dealkylation sites (N-methyl/N-ethyl adjacent to an activating group) is 1. The first kappa shape index (κ1) is 21.4. The molecule has 1 atom stereocenters. The standard InChI is InChI=1S/C22H36N6O/c1-3-26-13-7-10-20(26)18-25-22(23-2)24-12-11-21(29)28-16-14-27(15-17-28)19-8-5-4-6-9-19/h4-6,8-9,20H,3,7,10-18H2,1-2H3,(H2,23,24,25). The van der Waals surface area contributed by atoms with E-state index < -0.39 is 0 Å². The lowest BCUT2D eigenvalue weighted by Gasteiger charge is -2.36. The molecule has 1 aromatic rings. The van der Waals surface area contributed by atoms with Gasteiger partial charge in [-0.2, -0.15) is 0 Å². The summed E-state index contributed by atoms with van der Waals surface area (Å²) in [6.45, 7) is 9.39. The third-order valence-electron chi connectivity index (χ3n) is 6.02. The number of nitrogens with zero attached hydrogens (tertiary/aromatic N) is 4. The summed E-state index contributed by atoms with van der Waals surface area (Å²) in [5.74, 6) is 1.00. The molecule has 1 aromatic carbocycles. The van der Waals surface area contributed by atoms with Gasteiger partial charge in [-0.3, -0.25) is 14.7 Å². The second-order valence-corrected chi connectivity index (χ2v) is 7.76. The predicted molar refractivity (Wildman–Crippen MR) is 119 cm³/mol. The molecule has 29 heavy (non-hydrogen) atoms. The summed E-state index contributed by atoms with van der Waals surface area (Å²) in [4.78, 5) is 23.7. The van der Waals surface area contributed by atoms with Crippen molar-refractivity contribution >= 4 is 17.6 Å². The third-order valence-corrected chi connectivity index (χ3v) is 6.02. The Bertz CT molecular complexity index is 657. The minimum Gasteiger partial charge on any atom is -0.368 e. The number of carbonyl (C=O) groups excluding carboxylic acids is 1. The second-order valence-electron chi connectivity index (χ2n) is 7.76. The van der Waals surface area contributed by atoms with E-state index in [-0.39, 0.29) is 5.91 Å². The third kappa shape index (κ3) is 6.10. The number of carbonyl (C=O) groups is 1. The number of amides is 1. The SMILES string of the molecule is CCN1CCCC1CNC(=NC)NCCC(=O)N1CCN(c2ccccc2)CC1. The molecular weight excluding hydrogens is 364 g/mol. The lowest BCUT2D eigenvalue weighted by atomic mass is 10.2. The summed E-state index contributed by atoms with van der Waals surface area (Å²) < 4.78 is 0. The predicted octanol–water partition coefficient (Wildman–Crippen LogP) is 1.37. The van der Waals surface area contributed by atoms with Crippen LogP contribution in [-0.2, 0) is 4.79 Å². The first-order valence-electron chi connectivity index (χ1n) is 11.0. The van der Waals surface area contributed by atoms with Crippen LogP contribution in [0.5, 0.6) is 0 Å². The number of aliphatic imine (C=N–C) groups is 1. The van der Waals surface area contributed by atoms with Gasteiger partial charge in [0.05, 0.1) is 0 Å². The molecule has 7 nitrogen and oxygen atoms in total. The number of hydrogen-bond donors (Lipinski definition) is 2. The number of rotatable bonds is 7. The highest BCUT2D eigenvalue weighted by molar-refractivity contribution is 5.81.